The molecule has 31 heavy (non-hydrogen) atoms. The lowest BCUT2D eigenvalue weighted by atomic mass is 10.1. The van der Waals surface area contributed by atoms with Crippen molar-refractivity contribution >= 4 is 5.91 Å². The molecule has 8 heteroatoms. The summed E-state index contributed by atoms with van der Waals surface area (Å²) in [7, 11) is 1.48. The molecular formula is C23H18N6O2. The van der Waals surface area contributed by atoms with Crippen LogP contribution in [0, 0.1) is 11.3 Å². The fraction of sp³-hybridized carbons (Fsp3) is 0.0870. The normalized spacial score (nSPS) is 10.3. The predicted molar refractivity (Wildman–Crippen MR) is 113 cm³/mol. The van der Waals surface area contributed by atoms with Crippen LogP contribution in [0.5, 0.6) is 5.75 Å². The van der Waals surface area contributed by atoms with E-state index >= 15 is 0 Å². The van der Waals surface area contributed by atoms with E-state index in [1.807, 2.05) is 48.5 Å². The highest BCUT2D eigenvalue weighted by Gasteiger charge is 2.12. The summed E-state index contributed by atoms with van der Waals surface area (Å²) in [4.78, 5) is 21.2. The molecule has 0 aliphatic carbocycles. The highest BCUT2D eigenvalue weighted by Crippen LogP contribution is 2.19. The Morgan fingerprint density at radius 3 is 2.68 bits per heavy atom. The van der Waals surface area contributed by atoms with E-state index in [4.69, 9.17) is 10.00 Å². The molecule has 0 fully saturated rings. The molecule has 0 spiro atoms. The van der Waals surface area contributed by atoms with E-state index in [9.17, 15) is 4.79 Å². The standard InChI is InChI=1S/C23H18N6O2/c1-31-21-9-22(26-13-18(21)10-24)29-15-19(14-28-29)23(30)27-12-16-7-8-20(25-11-16)17-5-3-2-4-6-17/h2-9,11,13-15H,12H2,1H3,(H,27,30). The van der Waals surface area contributed by atoms with Gasteiger partial charge in [0.05, 0.1) is 30.8 Å². The third-order valence-electron chi connectivity index (χ3n) is 4.62. The van der Waals surface area contributed by atoms with Crippen LogP contribution in [-0.4, -0.2) is 32.8 Å². The van der Waals surface area contributed by atoms with Crippen molar-refractivity contribution in [3.05, 3.63) is 90.0 Å². The first-order chi connectivity index (χ1) is 15.2. The molecule has 3 heterocycles. The number of nitrogens with one attached hydrogen (secondary N) is 1. The molecule has 0 saturated carbocycles. The Bertz CT molecular complexity index is 1240. The summed E-state index contributed by atoms with van der Waals surface area (Å²) in [5.74, 6) is 0.565. The van der Waals surface area contributed by atoms with Gasteiger partial charge in [-0.3, -0.25) is 9.78 Å². The zero-order valence-electron chi connectivity index (χ0n) is 16.7. The number of nitriles is 1. The molecule has 4 rings (SSSR count). The molecule has 0 aliphatic heterocycles. The second-order valence-electron chi connectivity index (χ2n) is 6.63. The molecule has 8 nitrogen and oxygen atoms in total. The minimum atomic E-state index is -0.265. The summed E-state index contributed by atoms with van der Waals surface area (Å²) in [5, 5.41) is 16.1. The fourth-order valence-electron chi connectivity index (χ4n) is 2.96. The number of hydrogen-bond acceptors (Lipinski definition) is 6. The first kappa shape index (κ1) is 19.8. The molecule has 1 aromatic carbocycles. The summed E-state index contributed by atoms with van der Waals surface area (Å²) in [6.07, 6.45) is 6.18. The van der Waals surface area contributed by atoms with Crippen molar-refractivity contribution in [2.45, 2.75) is 6.54 Å². The molecule has 0 aliphatic rings. The molecule has 1 amide bonds. The van der Waals surface area contributed by atoms with Crippen molar-refractivity contribution in [2.75, 3.05) is 7.11 Å². The summed E-state index contributed by atoms with van der Waals surface area (Å²) in [6, 6.07) is 17.4. The SMILES string of the molecule is COc1cc(-n2cc(C(=O)NCc3ccc(-c4ccccc4)nc3)cn2)ncc1C#N. The third kappa shape index (κ3) is 4.41. The van der Waals surface area contributed by atoms with Gasteiger partial charge < -0.3 is 10.1 Å². The van der Waals surface area contributed by atoms with Gasteiger partial charge in [0.15, 0.2) is 5.82 Å². The number of pyridine rings is 2. The Labute approximate surface area is 178 Å². The maximum atomic E-state index is 12.5. The number of benzene rings is 1. The Kier molecular flexibility index (Phi) is 5.67. The lowest BCUT2D eigenvalue weighted by Crippen LogP contribution is -2.22. The molecule has 0 unspecified atom stereocenters. The zero-order valence-corrected chi connectivity index (χ0v) is 16.7. The van der Waals surface area contributed by atoms with Crippen molar-refractivity contribution in [3.63, 3.8) is 0 Å². The van der Waals surface area contributed by atoms with E-state index in [0.29, 0.717) is 29.2 Å². The molecule has 4 aromatic rings. The van der Waals surface area contributed by atoms with E-state index in [0.717, 1.165) is 16.8 Å². The lowest BCUT2D eigenvalue weighted by molar-refractivity contribution is 0.0951. The van der Waals surface area contributed by atoms with Gasteiger partial charge in [0.25, 0.3) is 5.91 Å². The van der Waals surface area contributed by atoms with Crippen molar-refractivity contribution in [2.24, 2.45) is 0 Å². The van der Waals surface area contributed by atoms with Crippen molar-refractivity contribution in [1.82, 2.24) is 25.1 Å². The van der Waals surface area contributed by atoms with Gasteiger partial charge in [-0.05, 0) is 11.6 Å². The van der Waals surface area contributed by atoms with E-state index in [1.54, 1.807) is 18.5 Å². The Morgan fingerprint density at radius 2 is 1.97 bits per heavy atom. The van der Waals surface area contributed by atoms with Crippen molar-refractivity contribution in [3.8, 4) is 28.9 Å². The van der Waals surface area contributed by atoms with Gasteiger partial charge >= 0.3 is 0 Å². The molecule has 0 saturated heterocycles. The van der Waals surface area contributed by atoms with Crippen LogP contribution in [0.1, 0.15) is 21.5 Å². The van der Waals surface area contributed by atoms with Crippen LogP contribution in [0.25, 0.3) is 17.1 Å². The summed E-state index contributed by atoms with van der Waals surface area (Å²) in [6.45, 7) is 0.342. The Hall–Kier alpha value is -4.51. The smallest absolute Gasteiger partial charge is 0.254 e. The second kappa shape index (κ2) is 8.88. The number of hydrogen-bond donors (Lipinski definition) is 1. The summed E-state index contributed by atoms with van der Waals surface area (Å²) >= 11 is 0. The average molecular weight is 410 g/mol. The minimum absolute atomic E-state index is 0.265. The molecule has 0 radical (unpaired) electrons. The number of nitrogens with zero attached hydrogens (tertiary/aromatic N) is 5. The average Bonchev–Trinajstić information content (AvgIpc) is 3.33. The first-order valence-electron chi connectivity index (χ1n) is 9.45. The highest BCUT2D eigenvalue weighted by molar-refractivity contribution is 5.93. The molecule has 0 atom stereocenters. The quantitative estimate of drug-likeness (QED) is 0.523. The lowest BCUT2D eigenvalue weighted by Gasteiger charge is -2.06. The van der Waals surface area contributed by atoms with Crippen LogP contribution < -0.4 is 10.1 Å². The number of rotatable bonds is 6. The molecule has 3 aromatic heterocycles. The Morgan fingerprint density at radius 1 is 1.13 bits per heavy atom. The summed E-state index contributed by atoms with van der Waals surface area (Å²) < 4.78 is 6.64. The van der Waals surface area contributed by atoms with E-state index in [-0.39, 0.29) is 5.91 Å². The van der Waals surface area contributed by atoms with Gasteiger partial charge in [0.1, 0.15) is 17.4 Å². The van der Waals surface area contributed by atoms with Crippen LogP contribution in [-0.2, 0) is 6.54 Å². The van der Waals surface area contributed by atoms with Crippen molar-refractivity contribution in [1.29, 1.82) is 5.26 Å². The molecule has 0 bridgehead atoms. The van der Waals surface area contributed by atoms with Gasteiger partial charge in [-0.25, -0.2) is 9.67 Å². The fourth-order valence-corrected chi connectivity index (χ4v) is 2.96. The Balaban J connectivity index is 1.41. The topological polar surface area (TPSA) is 106 Å². The number of carbonyl (C=O) groups excluding carboxylic acids is 1. The van der Waals surface area contributed by atoms with E-state index < -0.39 is 0 Å². The maximum Gasteiger partial charge on any atom is 0.254 e. The van der Waals surface area contributed by atoms with Gasteiger partial charge in [0.2, 0.25) is 0 Å². The number of aromatic nitrogens is 4. The van der Waals surface area contributed by atoms with Crippen LogP contribution in [0.3, 0.4) is 0 Å². The van der Waals surface area contributed by atoms with E-state index in [2.05, 4.69) is 20.4 Å². The van der Waals surface area contributed by atoms with Crippen molar-refractivity contribution < 1.29 is 9.53 Å². The minimum Gasteiger partial charge on any atom is -0.495 e. The predicted octanol–water partition coefficient (Wildman–Crippen LogP) is 3.14. The van der Waals surface area contributed by atoms with Crippen LogP contribution in [0.2, 0.25) is 0 Å². The number of methoxy groups -OCH3 is 1. The number of carbonyl (C=O) groups is 1. The molecule has 1 N–H and O–H groups in total. The van der Waals surface area contributed by atoms with E-state index in [1.165, 1.54) is 24.2 Å². The highest BCUT2D eigenvalue weighted by atomic mass is 16.5. The zero-order chi connectivity index (χ0) is 21.6. The monoisotopic (exact) mass is 410 g/mol. The summed E-state index contributed by atoms with van der Waals surface area (Å²) in [5.41, 5.74) is 3.52. The van der Waals surface area contributed by atoms with Crippen LogP contribution in [0.15, 0.2) is 73.3 Å². The first-order valence-corrected chi connectivity index (χ1v) is 9.45. The van der Waals surface area contributed by atoms with Gasteiger partial charge in [-0.2, -0.15) is 10.4 Å². The van der Waals surface area contributed by atoms with Crippen LogP contribution >= 0.6 is 0 Å². The second-order valence-corrected chi connectivity index (χ2v) is 6.63. The number of amides is 1. The van der Waals surface area contributed by atoms with Crippen LogP contribution in [0.4, 0.5) is 0 Å². The maximum absolute atomic E-state index is 12.5. The largest absolute Gasteiger partial charge is 0.495 e. The number of ether oxygens (including phenoxy) is 1. The van der Waals surface area contributed by atoms with Gasteiger partial charge in [-0.15, -0.1) is 0 Å². The molecular weight excluding hydrogens is 392 g/mol. The third-order valence-corrected chi connectivity index (χ3v) is 4.62. The van der Waals surface area contributed by atoms with Gasteiger partial charge in [-0.1, -0.05) is 36.4 Å². The van der Waals surface area contributed by atoms with Gasteiger partial charge in [0, 0.05) is 30.6 Å². The molecule has 152 valence electrons.